The smallest absolute Gasteiger partial charge is 0.118 e. The molecule has 1 aliphatic rings. The van der Waals surface area contributed by atoms with Gasteiger partial charge in [0.25, 0.3) is 0 Å². The Bertz CT molecular complexity index is 162. The van der Waals surface area contributed by atoms with E-state index in [1.165, 1.54) is 0 Å². The number of aliphatic hydroxyl groups excluding tert-OH is 4. The van der Waals surface area contributed by atoms with Gasteiger partial charge >= 0.3 is 0 Å². The molecular weight excluding hydrogens is 164 g/mol. The number of rotatable bonds is 1. The Hall–Kier alpha value is -0.200. The molecule has 4 unspecified atom stereocenters. The summed E-state index contributed by atoms with van der Waals surface area (Å²) in [5.41, 5.74) is -1.77. The van der Waals surface area contributed by atoms with E-state index in [2.05, 4.69) is 0 Å². The fourth-order valence-corrected chi connectivity index (χ4v) is 1.54. The summed E-state index contributed by atoms with van der Waals surface area (Å²) in [6.07, 6.45) is -3.51. The Labute approximate surface area is 69.9 Å². The van der Waals surface area contributed by atoms with Crippen molar-refractivity contribution in [2.45, 2.75) is 36.8 Å². The van der Waals surface area contributed by atoms with E-state index in [1.54, 1.807) is 0 Å². The Kier molecular flexibility index (Phi) is 2.70. The third-order valence-electron chi connectivity index (χ3n) is 2.29. The lowest BCUT2D eigenvalue weighted by atomic mass is 9.79. The van der Waals surface area contributed by atoms with Crippen LogP contribution >= 0.6 is 0 Å². The lowest BCUT2D eigenvalue weighted by Crippen LogP contribution is -2.58. The van der Waals surface area contributed by atoms with Crippen LogP contribution in [0.15, 0.2) is 0 Å². The molecule has 12 heavy (non-hydrogen) atoms. The zero-order chi connectivity index (χ0) is 9.35. The third kappa shape index (κ3) is 1.60. The van der Waals surface area contributed by atoms with Crippen LogP contribution in [0, 0.1) is 0 Å². The van der Waals surface area contributed by atoms with Crippen LogP contribution in [0.3, 0.4) is 0 Å². The van der Waals surface area contributed by atoms with Crippen LogP contribution in [0.1, 0.15) is 12.8 Å². The van der Waals surface area contributed by atoms with E-state index in [0.29, 0.717) is 0 Å². The van der Waals surface area contributed by atoms with Gasteiger partial charge in [0.2, 0.25) is 0 Å². The maximum absolute atomic E-state index is 9.47. The second-order valence-corrected chi connectivity index (χ2v) is 3.37. The average molecular weight is 178 g/mol. The highest BCUT2D eigenvalue weighted by Gasteiger charge is 2.45. The zero-order valence-corrected chi connectivity index (χ0v) is 6.59. The molecule has 1 rings (SSSR count). The summed E-state index contributed by atoms with van der Waals surface area (Å²) in [7, 11) is 0. The topological polar surface area (TPSA) is 101 Å². The first-order valence-corrected chi connectivity index (χ1v) is 3.87. The van der Waals surface area contributed by atoms with Gasteiger partial charge in [0.15, 0.2) is 0 Å². The fraction of sp³-hybridized carbons (Fsp3) is 1.00. The second-order valence-electron chi connectivity index (χ2n) is 3.37. The molecule has 0 aromatic heterocycles. The van der Waals surface area contributed by atoms with Gasteiger partial charge in [-0.3, -0.25) is 0 Å². The Morgan fingerprint density at radius 3 is 2.33 bits per heavy atom. The maximum atomic E-state index is 9.47. The summed E-state index contributed by atoms with van der Waals surface area (Å²) in [5.74, 6) is 0. The molecule has 0 aromatic carbocycles. The van der Waals surface area contributed by atoms with Crippen molar-refractivity contribution in [3.63, 3.8) is 0 Å². The van der Waals surface area contributed by atoms with Crippen LogP contribution in [0.25, 0.3) is 0 Å². The molecule has 0 spiro atoms. The molecule has 1 saturated carbocycles. The van der Waals surface area contributed by atoms with Gasteiger partial charge in [0.1, 0.15) is 11.7 Å². The van der Waals surface area contributed by atoms with E-state index in [1.807, 2.05) is 0 Å². The highest BCUT2D eigenvalue weighted by molar-refractivity contribution is 4.97. The molecule has 0 amide bonds. The minimum atomic E-state index is -1.77. The molecule has 1 aliphatic carbocycles. The average Bonchev–Trinajstić information content (AvgIpc) is 2.00. The molecule has 0 saturated heterocycles. The Balaban J connectivity index is 2.72. The molecule has 5 nitrogen and oxygen atoms in total. The van der Waals surface area contributed by atoms with Crippen molar-refractivity contribution >= 4 is 0 Å². The highest BCUT2D eigenvalue weighted by atomic mass is 16.4. The largest absolute Gasteiger partial charge is 0.393 e. The lowest BCUT2D eigenvalue weighted by Gasteiger charge is -2.40. The van der Waals surface area contributed by atoms with E-state index in [4.69, 9.17) is 15.3 Å². The first-order chi connectivity index (χ1) is 5.49. The van der Waals surface area contributed by atoms with E-state index in [9.17, 15) is 10.2 Å². The second kappa shape index (κ2) is 3.27. The van der Waals surface area contributed by atoms with Gasteiger partial charge in [-0.15, -0.1) is 0 Å². The van der Waals surface area contributed by atoms with E-state index >= 15 is 0 Å². The quantitative estimate of drug-likeness (QED) is 0.308. The van der Waals surface area contributed by atoms with E-state index < -0.39 is 30.5 Å². The fourth-order valence-electron chi connectivity index (χ4n) is 1.54. The number of hydrogen-bond donors (Lipinski definition) is 5. The first kappa shape index (κ1) is 9.88. The molecular formula is C7H14O5. The summed E-state index contributed by atoms with van der Waals surface area (Å²) in [4.78, 5) is 0. The molecule has 0 bridgehead atoms. The summed E-state index contributed by atoms with van der Waals surface area (Å²) in [5, 5.41) is 45.7. The zero-order valence-electron chi connectivity index (χ0n) is 6.59. The van der Waals surface area contributed by atoms with E-state index in [0.717, 1.165) is 0 Å². The van der Waals surface area contributed by atoms with Crippen LogP contribution in [0.4, 0.5) is 0 Å². The van der Waals surface area contributed by atoms with Crippen molar-refractivity contribution < 1.29 is 25.5 Å². The maximum Gasteiger partial charge on any atom is 0.118 e. The number of aliphatic hydroxyl groups is 5. The summed E-state index contributed by atoms with van der Waals surface area (Å²) >= 11 is 0. The van der Waals surface area contributed by atoms with Crippen LogP contribution in [0.5, 0.6) is 0 Å². The van der Waals surface area contributed by atoms with Crippen molar-refractivity contribution in [3.05, 3.63) is 0 Å². The minimum absolute atomic E-state index is 0.0312. The van der Waals surface area contributed by atoms with Gasteiger partial charge in [-0.2, -0.15) is 0 Å². The van der Waals surface area contributed by atoms with Crippen LogP contribution in [-0.2, 0) is 0 Å². The van der Waals surface area contributed by atoms with Gasteiger partial charge in [0, 0.05) is 12.8 Å². The Morgan fingerprint density at radius 1 is 1.25 bits per heavy atom. The highest BCUT2D eigenvalue weighted by Crippen LogP contribution is 2.28. The molecule has 0 aromatic rings. The molecule has 5 heteroatoms. The monoisotopic (exact) mass is 178 g/mol. The van der Waals surface area contributed by atoms with Crippen molar-refractivity contribution in [3.8, 4) is 0 Å². The van der Waals surface area contributed by atoms with Crippen molar-refractivity contribution in [2.24, 2.45) is 0 Å². The van der Waals surface area contributed by atoms with Crippen molar-refractivity contribution in [2.75, 3.05) is 6.61 Å². The van der Waals surface area contributed by atoms with Gasteiger partial charge in [-0.05, 0) is 0 Å². The molecule has 4 atom stereocenters. The van der Waals surface area contributed by atoms with Crippen LogP contribution in [-0.4, -0.2) is 56.1 Å². The molecule has 0 heterocycles. The summed E-state index contributed by atoms with van der Waals surface area (Å²) in [6.45, 7) is -0.664. The van der Waals surface area contributed by atoms with Crippen molar-refractivity contribution in [1.82, 2.24) is 0 Å². The standard InChI is InChI=1S/C7H14O5/c8-3-7(12)2-4(9)1-5(10)6(7)11/h4-6,8-12H,1-3H2. The predicted molar refractivity (Wildman–Crippen MR) is 39.3 cm³/mol. The van der Waals surface area contributed by atoms with Gasteiger partial charge in [-0.25, -0.2) is 0 Å². The SMILES string of the molecule is OCC1(O)CC(O)CC(O)C1O. The lowest BCUT2D eigenvalue weighted by molar-refractivity contribution is -0.191. The first-order valence-electron chi connectivity index (χ1n) is 3.87. The normalized spacial score (nSPS) is 49.2. The van der Waals surface area contributed by atoms with Crippen LogP contribution < -0.4 is 0 Å². The molecule has 0 aliphatic heterocycles. The van der Waals surface area contributed by atoms with Crippen molar-refractivity contribution in [1.29, 1.82) is 0 Å². The Morgan fingerprint density at radius 2 is 1.83 bits per heavy atom. The molecule has 1 fully saturated rings. The van der Waals surface area contributed by atoms with Crippen LogP contribution in [0.2, 0.25) is 0 Å². The molecule has 5 N–H and O–H groups in total. The molecule has 0 radical (unpaired) electrons. The van der Waals surface area contributed by atoms with Gasteiger partial charge < -0.3 is 25.5 Å². The minimum Gasteiger partial charge on any atom is -0.393 e. The van der Waals surface area contributed by atoms with Gasteiger partial charge in [-0.1, -0.05) is 0 Å². The van der Waals surface area contributed by atoms with E-state index in [-0.39, 0.29) is 12.8 Å². The summed E-state index contributed by atoms with van der Waals surface area (Å²) < 4.78 is 0. The third-order valence-corrected chi connectivity index (χ3v) is 2.29. The summed E-state index contributed by atoms with van der Waals surface area (Å²) in [6, 6.07) is 0. The predicted octanol–water partition coefficient (Wildman–Crippen LogP) is -2.41. The van der Waals surface area contributed by atoms with Gasteiger partial charge in [0.05, 0.1) is 18.8 Å². The molecule has 72 valence electrons. The number of hydrogen-bond acceptors (Lipinski definition) is 5.